The summed E-state index contributed by atoms with van der Waals surface area (Å²) in [5, 5.41) is 4.23. The molecular weight excluding hydrogens is 546 g/mol. The van der Waals surface area contributed by atoms with Crippen molar-refractivity contribution in [1.82, 2.24) is 15.2 Å². The maximum absolute atomic E-state index is 13.8. The van der Waals surface area contributed by atoms with Crippen molar-refractivity contribution < 1.29 is 19.1 Å². The van der Waals surface area contributed by atoms with Gasteiger partial charge in [0.05, 0.1) is 34.4 Å². The zero-order valence-corrected chi connectivity index (χ0v) is 26.6. The van der Waals surface area contributed by atoms with Crippen LogP contribution in [0.1, 0.15) is 95.0 Å². The first-order chi connectivity index (χ1) is 20.2. The molecule has 0 unspecified atom stereocenters. The van der Waals surface area contributed by atoms with E-state index in [0.29, 0.717) is 62.9 Å². The second-order valence-electron chi connectivity index (χ2n) is 12.5. The molecular formula is C34H49N3O4S. The number of nitrogens with one attached hydrogen (secondary N) is 1. The summed E-state index contributed by atoms with van der Waals surface area (Å²) in [6, 6.07) is 6.29. The first kappa shape index (κ1) is 32.5. The third-order valence-corrected chi connectivity index (χ3v) is 9.85. The SMILES string of the molecule is C=C(CN1CCOCC1)C(=O)CC[C@@H](NC(=O)[C@@H](CC(=O)CCC)Cc1nc2ccc(C(C)C)cc2s1)C1CCCC1. The standard InChI is InChI=1S/C34H49N3O4S/c1-5-8-28(38)19-27(21-33-35-30-12-11-26(23(2)3)20-32(30)42-33)34(40)36-29(25-9-6-7-10-25)13-14-31(39)24(4)22-37-15-17-41-18-16-37/h11-12,20,23,25,27,29H,4-10,13-19,21-22H2,1-3H3,(H,36,40)/t27-,29+/m0/s1. The summed E-state index contributed by atoms with van der Waals surface area (Å²) in [7, 11) is 0. The zero-order valence-electron chi connectivity index (χ0n) is 25.8. The largest absolute Gasteiger partial charge is 0.379 e. The van der Waals surface area contributed by atoms with Gasteiger partial charge in [0.25, 0.3) is 0 Å². The summed E-state index contributed by atoms with van der Waals surface area (Å²) in [5.41, 5.74) is 2.85. The van der Waals surface area contributed by atoms with Crippen molar-refractivity contribution in [1.29, 1.82) is 0 Å². The fourth-order valence-electron chi connectivity index (χ4n) is 6.23. The Balaban J connectivity index is 1.43. The fraction of sp³-hybridized carbons (Fsp3) is 0.647. The molecule has 0 spiro atoms. The highest BCUT2D eigenvalue weighted by Crippen LogP contribution is 2.31. The van der Waals surface area contributed by atoms with Crippen LogP contribution in [0.5, 0.6) is 0 Å². The van der Waals surface area contributed by atoms with E-state index in [9.17, 15) is 14.4 Å². The lowest BCUT2D eigenvalue weighted by molar-refractivity contribution is -0.130. The van der Waals surface area contributed by atoms with E-state index in [0.717, 1.165) is 60.4 Å². The Bertz CT molecular complexity index is 1230. The molecule has 4 rings (SSSR count). The van der Waals surface area contributed by atoms with Gasteiger partial charge in [0.15, 0.2) is 5.78 Å². The van der Waals surface area contributed by atoms with Crippen LogP contribution in [-0.2, 0) is 25.5 Å². The van der Waals surface area contributed by atoms with Gasteiger partial charge in [0.2, 0.25) is 5.91 Å². The lowest BCUT2D eigenvalue weighted by Crippen LogP contribution is -2.44. The van der Waals surface area contributed by atoms with Crippen molar-refractivity contribution >= 4 is 39.0 Å². The molecule has 1 aromatic carbocycles. The molecule has 2 aliphatic rings. The number of amides is 1. The topological polar surface area (TPSA) is 88.6 Å². The minimum atomic E-state index is -0.468. The Morgan fingerprint density at radius 2 is 1.88 bits per heavy atom. The summed E-state index contributed by atoms with van der Waals surface area (Å²) in [4.78, 5) is 46.7. The maximum atomic E-state index is 13.8. The van der Waals surface area contributed by atoms with Gasteiger partial charge in [-0.2, -0.15) is 0 Å². The minimum Gasteiger partial charge on any atom is -0.379 e. The molecule has 2 fully saturated rings. The predicted molar refractivity (Wildman–Crippen MR) is 170 cm³/mol. The van der Waals surface area contributed by atoms with Gasteiger partial charge in [-0.1, -0.05) is 46.3 Å². The van der Waals surface area contributed by atoms with Crippen LogP contribution in [0, 0.1) is 11.8 Å². The van der Waals surface area contributed by atoms with Crippen LogP contribution in [0.3, 0.4) is 0 Å². The molecule has 2 atom stereocenters. The molecule has 2 aromatic rings. The molecule has 0 bridgehead atoms. The first-order valence-electron chi connectivity index (χ1n) is 16.0. The Kier molecular flexibility index (Phi) is 12.3. The van der Waals surface area contributed by atoms with Crippen molar-refractivity contribution in [2.45, 2.75) is 96.9 Å². The fourth-order valence-corrected chi connectivity index (χ4v) is 7.32. The van der Waals surface area contributed by atoms with Gasteiger partial charge in [-0.3, -0.25) is 19.3 Å². The molecule has 230 valence electrons. The lowest BCUT2D eigenvalue weighted by Gasteiger charge is -2.28. The smallest absolute Gasteiger partial charge is 0.224 e. The first-order valence-corrected chi connectivity index (χ1v) is 16.8. The molecule has 1 aromatic heterocycles. The average molecular weight is 596 g/mol. The van der Waals surface area contributed by atoms with Crippen LogP contribution in [0.25, 0.3) is 10.2 Å². The second kappa shape index (κ2) is 15.9. The van der Waals surface area contributed by atoms with E-state index in [1.165, 1.54) is 5.56 Å². The molecule has 1 N–H and O–H groups in total. The molecule has 0 radical (unpaired) electrons. The minimum absolute atomic E-state index is 0.0728. The molecule has 7 nitrogen and oxygen atoms in total. The number of carbonyl (C=O) groups excluding carboxylic acids is 3. The Labute approximate surface area is 255 Å². The number of rotatable bonds is 16. The number of morpholine rings is 1. The normalized spacial score (nSPS) is 17.9. The third-order valence-electron chi connectivity index (χ3n) is 8.81. The number of ketones is 2. The molecule has 1 aliphatic carbocycles. The van der Waals surface area contributed by atoms with Crippen LogP contribution in [0.2, 0.25) is 0 Å². The van der Waals surface area contributed by atoms with E-state index in [2.05, 4.69) is 48.8 Å². The van der Waals surface area contributed by atoms with Crippen molar-refractivity contribution in [2.75, 3.05) is 32.8 Å². The van der Waals surface area contributed by atoms with E-state index >= 15 is 0 Å². The van der Waals surface area contributed by atoms with E-state index in [1.54, 1.807) is 11.3 Å². The van der Waals surface area contributed by atoms with Gasteiger partial charge < -0.3 is 10.1 Å². The molecule has 1 saturated carbocycles. The number of ether oxygens (including phenoxy) is 1. The van der Waals surface area contributed by atoms with Crippen molar-refractivity contribution in [3.8, 4) is 0 Å². The Hall–Kier alpha value is -2.42. The van der Waals surface area contributed by atoms with E-state index in [4.69, 9.17) is 9.72 Å². The Morgan fingerprint density at radius 3 is 2.57 bits per heavy atom. The van der Waals surface area contributed by atoms with Gasteiger partial charge in [-0.05, 0) is 55.2 Å². The second-order valence-corrected chi connectivity index (χ2v) is 13.6. The van der Waals surface area contributed by atoms with Crippen molar-refractivity contribution in [3.05, 3.63) is 40.9 Å². The highest BCUT2D eigenvalue weighted by atomic mass is 32.1. The number of carbonyl (C=O) groups is 3. The van der Waals surface area contributed by atoms with E-state index in [1.807, 2.05) is 6.92 Å². The molecule has 2 heterocycles. The van der Waals surface area contributed by atoms with E-state index < -0.39 is 5.92 Å². The number of hydrogen-bond donors (Lipinski definition) is 1. The van der Waals surface area contributed by atoms with Gasteiger partial charge in [0, 0.05) is 56.9 Å². The summed E-state index contributed by atoms with van der Waals surface area (Å²) < 4.78 is 6.54. The van der Waals surface area contributed by atoms with Crippen LogP contribution in [0.4, 0.5) is 0 Å². The maximum Gasteiger partial charge on any atom is 0.224 e. The van der Waals surface area contributed by atoms with Crippen LogP contribution in [-0.4, -0.2) is 66.2 Å². The number of nitrogens with zero attached hydrogens (tertiary/aromatic N) is 2. The number of Topliss-reactive ketones (excluding diaryl/α,β-unsaturated/α-hetero) is 2. The molecule has 1 saturated heterocycles. The van der Waals surface area contributed by atoms with Gasteiger partial charge in [-0.25, -0.2) is 4.98 Å². The zero-order chi connectivity index (χ0) is 30.1. The van der Waals surface area contributed by atoms with Gasteiger partial charge in [-0.15, -0.1) is 11.3 Å². The highest BCUT2D eigenvalue weighted by Gasteiger charge is 2.31. The monoisotopic (exact) mass is 595 g/mol. The average Bonchev–Trinajstić information content (AvgIpc) is 3.65. The quantitative estimate of drug-likeness (QED) is 0.231. The Morgan fingerprint density at radius 1 is 1.14 bits per heavy atom. The molecule has 8 heteroatoms. The van der Waals surface area contributed by atoms with Crippen molar-refractivity contribution in [3.63, 3.8) is 0 Å². The molecule has 42 heavy (non-hydrogen) atoms. The van der Waals surface area contributed by atoms with E-state index in [-0.39, 0.29) is 29.9 Å². The van der Waals surface area contributed by atoms with Gasteiger partial charge >= 0.3 is 0 Å². The van der Waals surface area contributed by atoms with Crippen LogP contribution in [0.15, 0.2) is 30.4 Å². The number of benzene rings is 1. The van der Waals surface area contributed by atoms with Crippen LogP contribution >= 0.6 is 11.3 Å². The molecule has 1 amide bonds. The number of aromatic nitrogens is 1. The number of fused-ring (bicyclic) bond motifs is 1. The van der Waals surface area contributed by atoms with Gasteiger partial charge in [0.1, 0.15) is 5.78 Å². The summed E-state index contributed by atoms with van der Waals surface area (Å²) in [5.74, 6) is 0.430. The summed E-state index contributed by atoms with van der Waals surface area (Å²) >= 11 is 1.62. The third kappa shape index (κ3) is 9.29. The lowest BCUT2D eigenvalue weighted by atomic mass is 9.90. The summed E-state index contributed by atoms with van der Waals surface area (Å²) in [6.07, 6.45) is 7.32. The molecule has 1 aliphatic heterocycles. The van der Waals surface area contributed by atoms with Crippen molar-refractivity contribution in [2.24, 2.45) is 11.8 Å². The number of hydrogen-bond acceptors (Lipinski definition) is 7. The highest BCUT2D eigenvalue weighted by molar-refractivity contribution is 7.18. The predicted octanol–water partition coefficient (Wildman–Crippen LogP) is 6.25. The van der Waals surface area contributed by atoms with Crippen LogP contribution < -0.4 is 5.32 Å². The summed E-state index contributed by atoms with van der Waals surface area (Å²) in [6.45, 7) is 14.0. The number of thiazole rings is 1.